The van der Waals surface area contributed by atoms with Gasteiger partial charge in [0, 0.05) is 21.9 Å². The van der Waals surface area contributed by atoms with Crippen LogP contribution in [0, 0.1) is 0 Å². The van der Waals surface area contributed by atoms with Crippen molar-refractivity contribution in [3.05, 3.63) is 69.1 Å². The molecule has 0 radical (unpaired) electrons. The van der Waals surface area contributed by atoms with E-state index in [1.807, 2.05) is 0 Å². The fraction of sp³-hybridized carbons (Fsp3) is 0.158. The second kappa shape index (κ2) is 8.05. The number of benzene rings is 2. The Labute approximate surface area is 179 Å². The minimum absolute atomic E-state index is 0.0528. The monoisotopic (exact) mass is 476 g/mol. The van der Waals surface area contributed by atoms with Crippen molar-refractivity contribution in [2.75, 3.05) is 6.26 Å². The van der Waals surface area contributed by atoms with E-state index in [1.54, 1.807) is 0 Å². The molecule has 0 saturated carbocycles. The van der Waals surface area contributed by atoms with Crippen molar-refractivity contribution >= 4 is 33.0 Å². The van der Waals surface area contributed by atoms with E-state index in [1.165, 1.54) is 42.5 Å². The summed E-state index contributed by atoms with van der Waals surface area (Å²) in [7, 11) is -3.45. The summed E-state index contributed by atoms with van der Waals surface area (Å²) in [5.41, 5.74) is -0.284. The molecule has 0 saturated heterocycles. The molecule has 0 amide bonds. The molecule has 1 aromatic heterocycles. The fourth-order valence-electron chi connectivity index (χ4n) is 2.85. The minimum atomic E-state index is -4.65. The number of nitrogens with zero attached hydrogens (tertiary/aromatic N) is 2. The SMILES string of the molecule is CS(=O)(=O)c1ccc(-c2cnn(CC(F)(F)F)c(=O)c2-c2cc(Cl)cc(Cl)c2)cc1. The Balaban J connectivity index is 2.27. The molecule has 0 atom stereocenters. The molecule has 0 aliphatic carbocycles. The molecule has 1 heterocycles. The first-order chi connectivity index (χ1) is 13.8. The van der Waals surface area contributed by atoms with Crippen LogP contribution in [0.3, 0.4) is 0 Å². The topological polar surface area (TPSA) is 69.0 Å². The van der Waals surface area contributed by atoms with Crippen molar-refractivity contribution in [3.63, 3.8) is 0 Å². The largest absolute Gasteiger partial charge is 0.408 e. The maximum atomic E-state index is 12.9. The highest BCUT2D eigenvalue weighted by Crippen LogP contribution is 2.33. The predicted octanol–water partition coefficient (Wildman–Crippen LogP) is 4.85. The second-order valence-electron chi connectivity index (χ2n) is 6.47. The number of alkyl halides is 3. The van der Waals surface area contributed by atoms with Crippen molar-refractivity contribution < 1.29 is 21.6 Å². The first-order valence-corrected chi connectivity index (χ1v) is 10.9. The summed E-state index contributed by atoms with van der Waals surface area (Å²) < 4.78 is 62.2. The predicted molar refractivity (Wildman–Crippen MR) is 109 cm³/mol. The van der Waals surface area contributed by atoms with Crippen molar-refractivity contribution in [3.8, 4) is 22.3 Å². The van der Waals surface area contributed by atoms with E-state index < -0.39 is 28.1 Å². The molecule has 0 spiro atoms. The maximum absolute atomic E-state index is 12.9. The Bertz CT molecular complexity index is 1250. The molecular formula is C19H13Cl2F3N2O3S. The summed E-state index contributed by atoms with van der Waals surface area (Å²) >= 11 is 12.0. The Morgan fingerprint density at radius 1 is 1.00 bits per heavy atom. The number of rotatable bonds is 4. The van der Waals surface area contributed by atoms with Crippen molar-refractivity contribution in [1.29, 1.82) is 0 Å². The highest BCUT2D eigenvalue weighted by Gasteiger charge is 2.30. The van der Waals surface area contributed by atoms with Crippen LogP contribution in [0.4, 0.5) is 13.2 Å². The molecule has 2 aromatic carbocycles. The molecule has 0 fully saturated rings. The normalized spacial score (nSPS) is 12.2. The van der Waals surface area contributed by atoms with Gasteiger partial charge in [0.2, 0.25) is 0 Å². The Hall–Kier alpha value is -2.36. The molecule has 5 nitrogen and oxygen atoms in total. The van der Waals surface area contributed by atoms with Gasteiger partial charge in [-0.05, 0) is 41.5 Å². The van der Waals surface area contributed by atoms with E-state index in [4.69, 9.17) is 23.2 Å². The van der Waals surface area contributed by atoms with Gasteiger partial charge in [-0.15, -0.1) is 0 Å². The molecule has 30 heavy (non-hydrogen) atoms. The standard InChI is InChI=1S/C19H13Cl2F3N2O3S/c1-30(28,29)15-4-2-11(3-5-15)16-9-25-26(10-19(22,23)24)18(27)17(16)12-6-13(20)8-14(21)7-12/h2-9H,10H2,1H3. The lowest BCUT2D eigenvalue weighted by atomic mass is 9.97. The van der Waals surface area contributed by atoms with Gasteiger partial charge in [-0.25, -0.2) is 13.1 Å². The molecule has 3 rings (SSSR count). The van der Waals surface area contributed by atoms with Crippen LogP contribution in [-0.2, 0) is 16.4 Å². The first kappa shape index (κ1) is 22.3. The van der Waals surface area contributed by atoms with E-state index in [0.717, 1.165) is 12.5 Å². The van der Waals surface area contributed by atoms with Gasteiger partial charge in [-0.1, -0.05) is 35.3 Å². The van der Waals surface area contributed by atoms with Gasteiger partial charge < -0.3 is 0 Å². The molecule has 11 heteroatoms. The zero-order valence-electron chi connectivity index (χ0n) is 15.2. The van der Waals surface area contributed by atoms with E-state index in [9.17, 15) is 26.4 Å². The van der Waals surface area contributed by atoms with E-state index in [2.05, 4.69) is 5.10 Å². The van der Waals surface area contributed by atoms with Gasteiger partial charge in [0.25, 0.3) is 5.56 Å². The van der Waals surface area contributed by atoms with Crippen LogP contribution < -0.4 is 5.56 Å². The van der Waals surface area contributed by atoms with Gasteiger partial charge in [0.1, 0.15) is 6.54 Å². The van der Waals surface area contributed by atoms with Crippen LogP contribution in [-0.4, -0.2) is 30.6 Å². The molecule has 3 aromatic rings. The van der Waals surface area contributed by atoms with Gasteiger partial charge in [0.15, 0.2) is 9.84 Å². The van der Waals surface area contributed by atoms with Crippen LogP contribution in [0.25, 0.3) is 22.3 Å². The Kier molecular flexibility index (Phi) is 5.99. The molecule has 0 bridgehead atoms. The first-order valence-electron chi connectivity index (χ1n) is 8.29. The highest BCUT2D eigenvalue weighted by molar-refractivity contribution is 7.90. The summed E-state index contributed by atoms with van der Waals surface area (Å²) in [6.45, 7) is -1.57. The van der Waals surface area contributed by atoms with Gasteiger partial charge >= 0.3 is 6.18 Å². The fourth-order valence-corrected chi connectivity index (χ4v) is 4.01. The van der Waals surface area contributed by atoms with E-state index >= 15 is 0 Å². The molecule has 0 N–H and O–H groups in total. The van der Waals surface area contributed by atoms with Gasteiger partial charge in [-0.3, -0.25) is 4.79 Å². The quantitative estimate of drug-likeness (QED) is 0.539. The molecule has 0 unspecified atom stereocenters. The number of hydrogen-bond donors (Lipinski definition) is 0. The van der Waals surface area contributed by atoms with Crippen LogP contribution >= 0.6 is 23.2 Å². The van der Waals surface area contributed by atoms with Crippen molar-refractivity contribution in [2.24, 2.45) is 0 Å². The third kappa shape index (κ3) is 5.03. The third-order valence-electron chi connectivity index (χ3n) is 4.12. The zero-order chi connectivity index (χ0) is 22.3. The van der Waals surface area contributed by atoms with Crippen LogP contribution in [0.5, 0.6) is 0 Å². The summed E-state index contributed by atoms with van der Waals surface area (Å²) in [6.07, 6.45) is -2.49. The van der Waals surface area contributed by atoms with E-state index in [-0.39, 0.29) is 31.6 Å². The van der Waals surface area contributed by atoms with Crippen LogP contribution in [0.1, 0.15) is 0 Å². The lowest BCUT2D eigenvalue weighted by Gasteiger charge is -2.14. The lowest BCUT2D eigenvalue weighted by Crippen LogP contribution is -2.31. The number of aromatic nitrogens is 2. The number of sulfone groups is 1. The van der Waals surface area contributed by atoms with Crippen LogP contribution in [0.15, 0.2) is 58.4 Å². The third-order valence-corrected chi connectivity index (χ3v) is 5.68. The van der Waals surface area contributed by atoms with Crippen molar-refractivity contribution in [1.82, 2.24) is 9.78 Å². The molecule has 0 aliphatic heterocycles. The Morgan fingerprint density at radius 3 is 2.07 bits per heavy atom. The molecule has 0 aliphatic rings. The Morgan fingerprint density at radius 2 is 1.57 bits per heavy atom. The van der Waals surface area contributed by atoms with E-state index in [0.29, 0.717) is 10.2 Å². The summed E-state index contributed by atoms with van der Waals surface area (Å²) in [5, 5.41) is 4.02. The minimum Gasteiger partial charge on any atom is -0.267 e. The summed E-state index contributed by atoms with van der Waals surface area (Å²) in [5.74, 6) is 0. The molecule has 158 valence electrons. The zero-order valence-corrected chi connectivity index (χ0v) is 17.6. The summed E-state index contributed by atoms with van der Waals surface area (Å²) in [6, 6.07) is 9.77. The number of hydrogen-bond acceptors (Lipinski definition) is 4. The number of halogens is 5. The lowest BCUT2D eigenvalue weighted by molar-refractivity contribution is -0.143. The summed E-state index contributed by atoms with van der Waals surface area (Å²) in [4.78, 5) is 13.0. The molecular weight excluding hydrogens is 464 g/mol. The smallest absolute Gasteiger partial charge is 0.267 e. The second-order valence-corrected chi connectivity index (χ2v) is 9.35. The highest BCUT2D eigenvalue weighted by atomic mass is 35.5. The van der Waals surface area contributed by atoms with Crippen molar-refractivity contribution in [2.45, 2.75) is 17.6 Å². The van der Waals surface area contributed by atoms with Gasteiger partial charge in [0.05, 0.1) is 16.7 Å². The maximum Gasteiger partial charge on any atom is 0.408 e. The van der Waals surface area contributed by atoms with Gasteiger partial charge in [-0.2, -0.15) is 18.3 Å². The average molecular weight is 477 g/mol. The van der Waals surface area contributed by atoms with Crippen LogP contribution in [0.2, 0.25) is 10.0 Å². The average Bonchev–Trinajstić information content (AvgIpc) is 2.60.